The second kappa shape index (κ2) is 11.7. The Morgan fingerprint density at radius 3 is 2.41 bits per heavy atom. The van der Waals surface area contributed by atoms with Crippen LogP contribution in [0.5, 0.6) is 23.0 Å². The third-order valence-electron chi connectivity index (χ3n) is 6.51. The number of methoxy groups -OCH3 is 2. The molecule has 2 aliphatic rings. The average molecular weight is 521 g/mol. The summed E-state index contributed by atoms with van der Waals surface area (Å²) < 4.78 is 27.7. The first-order valence-electron chi connectivity index (χ1n) is 11.8. The smallest absolute Gasteiger partial charge is 0.229 e. The number of aliphatic hydroxyl groups is 5. The molecule has 1 saturated heterocycles. The monoisotopic (exact) mass is 520 g/mol. The van der Waals surface area contributed by atoms with Gasteiger partial charge in [-0.1, -0.05) is 18.2 Å². The first-order chi connectivity index (χ1) is 17.8. The van der Waals surface area contributed by atoms with Crippen LogP contribution in [-0.2, 0) is 9.47 Å². The van der Waals surface area contributed by atoms with Gasteiger partial charge in [0.1, 0.15) is 30.5 Å². The molecule has 11 heteroatoms. The third-order valence-corrected chi connectivity index (χ3v) is 6.51. The minimum absolute atomic E-state index is 0.0509. The lowest BCUT2D eigenvalue weighted by Crippen LogP contribution is -2.60. The van der Waals surface area contributed by atoms with Gasteiger partial charge in [0, 0.05) is 12.7 Å². The van der Waals surface area contributed by atoms with Crippen LogP contribution in [-0.4, -0.2) is 95.4 Å². The Hall–Kier alpha value is -2.90. The van der Waals surface area contributed by atoms with E-state index in [0.29, 0.717) is 17.7 Å². The molecular formula is C26H32O11. The summed E-state index contributed by atoms with van der Waals surface area (Å²) in [4.78, 5) is 0. The summed E-state index contributed by atoms with van der Waals surface area (Å²) in [5.41, 5.74) is 2.02. The first kappa shape index (κ1) is 27.1. The molecule has 2 heterocycles. The lowest BCUT2D eigenvalue weighted by molar-refractivity contribution is -0.277. The highest BCUT2D eigenvalue weighted by Gasteiger charge is 2.45. The molecule has 7 atom stereocenters. The van der Waals surface area contributed by atoms with E-state index in [9.17, 15) is 30.6 Å². The number of aromatic hydroxyl groups is 1. The van der Waals surface area contributed by atoms with Crippen molar-refractivity contribution in [2.24, 2.45) is 0 Å². The maximum Gasteiger partial charge on any atom is 0.229 e. The van der Waals surface area contributed by atoms with Gasteiger partial charge in [-0.05, 0) is 35.4 Å². The Balaban J connectivity index is 1.58. The SMILES string of the molecule is COC/C=C/c1cc(O)c2c(c1)[C@@H](CO)[C@H](c1ccc(O[C@@H]3O[C@H](CO)[C@@H](O)[C@H](O)[C@H]3O)c(OC)c1)O2. The average Bonchev–Trinajstić information content (AvgIpc) is 3.28. The molecule has 1 fully saturated rings. The third kappa shape index (κ3) is 5.39. The van der Waals surface area contributed by atoms with Gasteiger partial charge in [0.25, 0.3) is 0 Å². The summed E-state index contributed by atoms with van der Waals surface area (Å²) in [6.45, 7) is -0.411. The van der Waals surface area contributed by atoms with Crippen LogP contribution in [0.4, 0.5) is 0 Å². The van der Waals surface area contributed by atoms with Crippen molar-refractivity contribution in [1.82, 2.24) is 0 Å². The summed E-state index contributed by atoms with van der Waals surface area (Å²) >= 11 is 0. The zero-order chi connectivity index (χ0) is 26.7. The summed E-state index contributed by atoms with van der Waals surface area (Å²) in [6.07, 6.45) is -4.20. The summed E-state index contributed by atoms with van der Waals surface area (Å²) in [5, 5.41) is 60.5. The van der Waals surface area contributed by atoms with Crippen molar-refractivity contribution in [3.8, 4) is 23.0 Å². The zero-order valence-electron chi connectivity index (χ0n) is 20.4. The van der Waals surface area contributed by atoms with E-state index < -0.39 is 49.3 Å². The van der Waals surface area contributed by atoms with Gasteiger partial charge in [-0.2, -0.15) is 0 Å². The number of aliphatic hydroxyl groups excluding tert-OH is 5. The van der Waals surface area contributed by atoms with Crippen LogP contribution in [0.2, 0.25) is 0 Å². The molecule has 0 unspecified atom stereocenters. The molecular weight excluding hydrogens is 488 g/mol. The van der Waals surface area contributed by atoms with Crippen LogP contribution in [0.15, 0.2) is 36.4 Å². The van der Waals surface area contributed by atoms with E-state index in [2.05, 4.69) is 0 Å². The molecule has 0 aliphatic carbocycles. The largest absolute Gasteiger partial charge is 0.504 e. The minimum Gasteiger partial charge on any atom is -0.504 e. The molecule has 0 saturated carbocycles. The van der Waals surface area contributed by atoms with E-state index in [1.54, 1.807) is 43.5 Å². The number of phenolic OH excluding ortho intramolecular Hbond substituents is 1. The molecule has 2 aromatic carbocycles. The second-order valence-corrected chi connectivity index (χ2v) is 8.87. The predicted molar refractivity (Wildman–Crippen MR) is 130 cm³/mol. The topological polar surface area (TPSA) is 168 Å². The Bertz CT molecular complexity index is 1100. The molecule has 0 radical (unpaired) electrons. The zero-order valence-corrected chi connectivity index (χ0v) is 20.4. The first-order valence-corrected chi connectivity index (χ1v) is 11.8. The summed E-state index contributed by atoms with van der Waals surface area (Å²) in [6, 6.07) is 8.28. The van der Waals surface area contributed by atoms with E-state index in [-0.39, 0.29) is 29.6 Å². The van der Waals surface area contributed by atoms with Gasteiger partial charge >= 0.3 is 0 Å². The number of rotatable bonds is 9. The molecule has 0 bridgehead atoms. The van der Waals surface area contributed by atoms with Crippen molar-refractivity contribution < 1.29 is 54.3 Å². The highest BCUT2D eigenvalue weighted by Crippen LogP contribution is 2.51. The predicted octanol–water partition coefficient (Wildman–Crippen LogP) is 0.449. The van der Waals surface area contributed by atoms with Crippen LogP contribution >= 0.6 is 0 Å². The Morgan fingerprint density at radius 2 is 1.73 bits per heavy atom. The van der Waals surface area contributed by atoms with Crippen molar-refractivity contribution in [2.45, 2.75) is 42.7 Å². The molecule has 11 nitrogen and oxygen atoms in total. The standard InChI is InChI=1S/C26H32O11/c1-33-7-3-4-13-8-15-16(11-27)24(37-25(15)17(29)9-13)14-5-6-18(19(10-14)34-2)35-26-23(32)22(31)21(30)20(12-28)36-26/h3-6,8-10,16,20-24,26-32H,7,11-12H2,1-2H3/b4-3+/t16-,20-,21-,22+,23-,24+,26-/m1/s1. The van der Waals surface area contributed by atoms with Crippen molar-refractivity contribution in [2.75, 3.05) is 34.0 Å². The summed E-state index contributed by atoms with van der Waals surface area (Å²) in [5.74, 6) is 0.176. The number of benzene rings is 2. The minimum atomic E-state index is -1.58. The van der Waals surface area contributed by atoms with Gasteiger partial charge in [0.05, 0.1) is 32.8 Å². The highest BCUT2D eigenvalue weighted by molar-refractivity contribution is 5.62. The lowest BCUT2D eigenvalue weighted by atomic mass is 9.90. The van der Waals surface area contributed by atoms with Crippen LogP contribution in [0.1, 0.15) is 28.7 Å². The van der Waals surface area contributed by atoms with Gasteiger partial charge in [-0.15, -0.1) is 0 Å². The molecule has 0 amide bonds. The molecule has 0 spiro atoms. The molecule has 6 N–H and O–H groups in total. The van der Waals surface area contributed by atoms with E-state index >= 15 is 0 Å². The molecule has 4 rings (SSSR count). The fourth-order valence-electron chi connectivity index (χ4n) is 4.55. The van der Waals surface area contributed by atoms with Crippen LogP contribution in [0.3, 0.4) is 0 Å². The van der Waals surface area contributed by atoms with E-state index in [4.69, 9.17) is 23.7 Å². The number of hydrogen-bond acceptors (Lipinski definition) is 11. The van der Waals surface area contributed by atoms with Crippen molar-refractivity contribution >= 4 is 6.08 Å². The molecule has 37 heavy (non-hydrogen) atoms. The Morgan fingerprint density at radius 1 is 0.946 bits per heavy atom. The van der Waals surface area contributed by atoms with Gasteiger partial charge in [0.2, 0.25) is 6.29 Å². The number of phenols is 1. The maximum absolute atomic E-state index is 10.6. The fourth-order valence-corrected chi connectivity index (χ4v) is 4.55. The van der Waals surface area contributed by atoms with Gasteiger partial charge in [-0.25, -0.2) is 0 Å². The highest BCUT2D eigenvalue weighted by atomic mass is 16.7. The molecule has 0 aromatic heterocycles. The molecule has 2 aromatic rings. The molecule has 202 valence electrons. The van der Waals surface area contributed by atoms with Crippen LogP contribution in [0.25, 0.3) is 6.08 Å². The molecule has 2 aliphatic heterocycles. The number of hydrogen-bond donors (Lipinski definition) is 6. The van der Waals surface area contributed by atoms with Gasteiger partial charge < -0.3 is 54.3 Å². The van der Waals surface area contributed by atoms with Crippen molar-refractivity contribution in [3.63, 3.8) is 0 Å². The Kier molecular flexibility index (Phi) is 8.55. The van der Waals surface area contributed by atoms with E-state index in [1.165, 1.54) is 7.11 Å². The number of fused-ring (bicyclic) bond motifs is 1. The lowest BCUT2D eigenvalue weighted by Gasteiger charge is -2.39. The summed E-state index contributed by atoms with van der Waals surface area (Å²) in [7, 11) is 3.00. The fraction of sp³-hybridized carbons (Fsp3) is 0.462. The van der Waals surface area contributed by atoms with E-state index in [1.807, 2.05) is 6.07 Å². The number of ether oxygens (including phenoxy) is 5. The van der Waals surface area contributed by atoms with Crippen LogP contribution < -0.4 is 14.2 Å². The maximum atomic E-state index is 10.6. The van der Waals surface area contributed by atoms with Crippen molar-refractivity contribution in [1.29, 1.82) is 0 Å². The second-order valence-electron chi connectivity index (χ2n) is 8.87. The van der Waals surface area contributed by atoms with Crippen molar-refractivity contribution in [3.05, 3.63) is 53.1 Å². The Labute approximate surface area is 213 Å². The quantitative estimate of drug-likeness (QED) is 0.272. The van der Waals surface area contributed by atoms with Gasteiger partial charge in [0.15, 0.2) is 23.0 Å². The van der Waals surface area contributed by atoms with Crippen LogP contribution in [0, 0.1) is 0 Å². The van der Waals surface area contributed by atoms with Gasteiger partial charge in [-0.3, -0.25) is 0 Å². The normalized spacial score (nSPS) is 29.2. The van der Waals surface area contributed by atoms with E-state index in [0.717, 1.165) is 5.56 Å².